The first-order valence-electron chi connectivity index (χ1n) is 4.76. The average Bonchev–Trinajstić information content (AvgIpc) is 2.27. The molecule has 0 bridgehead atoms. The third kappa shape index (κ3) is 6.36. The Hall–Kier alpha value is -1.72. The highest BCUT2D eigenvalue weighted by atomic mass is 16.3. The highest BCUT2D eigenvalue weighted by Gasteiger charge is 1.91. The van der Waals surface area contributed by atoms with Crippen LogP contribution in [0.15, 0.2) is 36.4 Å². The van der Waals surface area contributed by atoms with Crippen molar-refractivity contribution in [2.24, 2.45) is 0 Å². The number of nitrogens with one attached hydrogen (secondary N) is 1. The van der Waals surface area contributed by atoms with Crippen LogP contribution < -0.4 is 5.32 Å². The van der Waals surface area contributed by atoms with Gasteiger partial charge in [-0.2, -0.15) is 0 Å². The number of terminal acetylenes is 1. The standard InChI is InChI=1S/C11H15NO.C2H2/c1-2-3-7-12-9-10-5-4-6-11(13)8-10;1-2/h2-6,8,12-13H,7,9H2,1H3;1-2H/b3-2+;. The number of allylic oxidation sites excluding steroid dienone is 1. The Morgan fingerprint density at radius 1 is 1.40 bits per heavy atom. The predicted octanol–water partition coefficient (Wildman–Crippen LogP) is 2.31. The van der Waals surface area contributed by atoms with Gasteiger partial charge >= 0.3 is 0 Å². The van der Waals surface area contributed by atoms with Crippen LogP contribution in [-0.4, -0.2) is 11.7 Å². The fraction of sp³-hybridized carbons (Fsp3) is 0.231. The Balaban J connectivity index is 0.000000921. The second-order valence-corrected chi connectivity index (χ2v) is 2.87. The van der Waals surface area contributed by atoms with E-state index < -0.39 is 0 Å². The van der Waals surface area contributed by atoms with Crippen LogP contribution in [0, 0.1) is 12.8 Å². The summed E-state index contributed by atoms with van der Waals surface area (Å²) in [4.78, 5) is 0. The van der Waals surface area contributed by atoms with Crippen molar-refractivity contribution in [1.29, 1.82) is 0 Å². The van der Waals surface area contributed by atoms with E-state index in [-0.39, 0.29) is 0 Å². The van der Waals surface area contributed by atoms with Crippen LogP contribution in [0.2, 0.25) is 0 Å². The van der Waals surface area contributed by atoms with Gasteiger partial charge in [0.15, 0.2) is 0 Å². The molecule has 2 heteroatoms. The van der Waals surface area contributed by atoms with Crippen molar-refractivity contribution in [2.75, 3.05) is 6.54 Å². The number of hydrogen-bond donors (Lipinski definition) is 2. The summed E-state index contributed by atoms with van der Waals surface area (Å²) in [7, 11) is 0. The Morgan fingerprint density at radius 2 is 2.13 bits per heavy atom. The van der Waals surface area contributed by atoms with E-state index in [1.54, 1.807) is 12.1 Å². The Labute approximate surface area is 91.6 Å². The van der Waals surface area contributed by atoms with Gasteiger partial charge in [0, 0.05) is 13.1 Å². The smallest absolute Gasteiger partial charge is 0.115 e. The molecule has 15 heavy (non-hydrogen) atoms. The lowest BCUT2D eigenvalue weighted by Crippen LogP contribution is -2.12. The molecule has 0 amide bonds. The van der Waals surface area contributed by atoms with Crippen LogP contribution in [0.25, 0.3) is 0 Å². The topological polar surface area (TPSA) is 32.3 Å². The van der Waals surface area contributed by atoms with Crippen LogP contribution in [0.1, 0.15) is 12.5 Å². The second-order valence-electron chi connectivity index (χ2n) is 2.87. The Kier molecular flexibility index (Phi) is 7.84. The van der Waals surface area contributed by atoms with Gasteiger partial charge < -0.3 is 10.4 Å². The van der Waals surface area contributed by atoms with Crippen LogP contribution in [0.4, 0.5) is 0 Å². The number of benzene rings is 1. The van der Waals surface area contributed by atoms with Crippen molar-refractivity contribution in [3.05, 3.63) is 42.0 Å². The van der Waals surface area contributed by atoms with Gasteiger partial charge in [-0.1, -0.05) is 24.3 Å². The minimum atomic E-state index is 0.324. The van der Waals surface area contributed by atoms with E-state index in [0.717, 1.165) is 18.7 Å². The maximum absolute atomic E-state index is 9.17. The van der Waals surface area contributed by atoms with Crippen LogP contribution in [0.5, 0.6) is 5.75 Å². The molecule has 0 spiro atoms. The third-order valence-electron chi connectivity index (χ3n) is 1.74. The number of phenols is 1. The van der Waals surface area contributed by atoms with Gasteiger partial charge in [0.05, 0.1) is 0 Å². The summed E-state index contributed by atoms with van der Waals surface area (Å²) in [6.07, 6.45) is 12.1. The molecule has 0 fully saturated rings. The van der Waals surface area contributed by atoms with E-state index in [1.165, 1.54) is 0 Å². The summed E-state index contributed by atoms with van der Waals surface area (Å²) < 4.78 is 0. The molecule has 0 radical (unpaired) electrons. The maximum atomic E-state index is 9.17. The fourth-order valence-corrected chi connectivity index (χ4v) is 1.08. The first kappa shape index (κ1) is 13.3. The highest BCUT2D eigenvalue weighted by Crippen LogP contribution is 2.10. The summed E-state index contributed by atoms with van der Waals surface area (Å²) in [5.74, 6) is 0.324. The summed E-state index contributed by atoms with van der Waals surface area (Å²) in [5, 5.41) is 12.4. The first-order chi connectivity index (χ1) is 7.33. The molecule has 0 heterocycles. The molecule has 0 aliphatic rings. The van der Waals surface area contributed by atoms with E-state index in [1.807, 2.05) is 25.1 Å². The number of hydrogen-bond acceptors (Lipinski definition) is 2. The molecule has 0 saturated carbocycles. The first-order valence-corrected chi connectivity index (χ1v) is 4.76. The lowest BCUT2D eigenvalue weighted by molar-refractivity contribution is 0.474. The zero-order valence-corrected chi connectivity index (χ0v) is 8.98. The van der Waals surface area contributed by atoms with Crippen molar-refractivity contribution < 1.29 is 5.11 Å². The van der Waals surface area contributed by atoms with E-state index in [4.69, 9.17) is 0 Å². The number of aromatic hydroxyl groups is 1. The molecule has 0 saturated heterocycles. The lowest BCUT2D eigenvalue weighted by atomic mass is 10.2. The quantitative estimate of drug-likeness (QED) is 0.447. The minimum absolute atomic E-state index is 0.324. The SMILES string of the molecule is C#C.C/C=C/CNCc1cccc(O)c1. The molecular formula is C13H17NO. The van der Waals surface area contributed by atoms with Crippen LogP contribution >= 0.6 is 0 Å². The molecule has 2 N–H and O–H groups in total. The van der Waals surface area contributed by atoms with Crippen molar-refractivity contribution in [3.63, 3.8) is 0 Å². The second kappa shape index (κ2) is 8.86. The average molecular weight is 203 g/mol. The molecule has 0 unspecified atom stereocenters. The molecule has 0 aromatic heterocycles. The summed E-state index contributed by atoms with van der Waals surface area (Å²) in [6.45, 7) is 3.65. The third-order valence-corrected chi connectivity index (χ3v) is 1.74. The zero-order chi connectivity index (χ0) is 11.5. The summed E-state index contributed by atoms with van der Waals surface area (Å²) in [5.41, 5.74) is 1.10. The number of phenolic OH excluding ortho intramolecular Hbond substituents is 1. The van der Waals surface area contributed by atoms with E-state index in [9.17, 15) is 5.11 Å². The predicted molar refractivity (Wildman–Crippen MR) is 64.5 cm³/mol. The van der Waals surface area contributed by atoms with Gasteiger partial charge in [0.2, 0.25) is 0 Å². The summed E-state index contributed by atoms with van der Waals surface area (Å²) >= 11 is 0. The van der Waals surface area contributed by atoms with Crippen molar-refractivity contribution in [1.82, 2.24) is 5.32 Å². The monoisotopic (exact) mass is 203 g/mol. The van der Waals surface area contributed by atoms with Gasteiger partial charge in [-0.25, -0.2) is 0 Å². The fourth-order valence-electron chi connectivity index (χ4n) is 1.08. The van der Waals surface area contributed by atoms with E-state index >= 15 is 0 Å². The van der Waals surface area contributed by atoms with Crippen molar-refractivity contribution in [2.45, 2.75) is 13.5 Å². The molecule has 80 valence electrons. The zero-order valence-electron chi connectivity index (χ0n) is 8.98. The van der Waals surface area contributed by atoms with Crippen molar-refractivity contribution >= 4 is 0 Å². The molecule has 0 aliphatic carbocycles. The maximum Gasteiger partial charge on any atom is 0.115 e. The van der Waals surface area contributed by atoms with Crippen LogP contribution in [-0.2, 0) is 6.54 Å². The van der Waals surface area contributed by atoms with E-state index in [0.29, 0.717) is 5.75 Å². The molecule has 2 nitrogen and oxygen atoms in total. The molecule has 1 aromatic carbocycles. The van der Waals surface area contributed by atoms with Crippen LogP contribution in [0.3, 0.4) is 0 Å². The Morgan fingerprint density at radius 3 is 2.73 bits per heavy atom. The summed E-state index contributed by atoms with van der Waals surface area (Å²) in [6, 6.07) is 7.28. The van der Waals surface area contributed by atoms with E-state index in [2.05, 4.69) is 24.2 Å². The van der Waals surface area contributed by atoms with Gasteiger partial charge in [0.25, 0.3) is 0 Å². The number of rotatable bonds is 4. The lowest BCUT2D eigenvalue weighted by Gasteiger charge is -2.01. The molecule has 0 aliphatic heterocycles. The normalized spacial score (nSPS) is 9.53. The highest BCUT2D eigenvalue weighted by molar-refractivity contribution is 5.26. The van der Waals surface area contributed by atoms with Gasteiger partial charge in [0.1, 0.15) is 5.75 Å². The molecular weight excluding hydrogens is 186 g/mol. The minimum Gasteiger partial charge on any atom is -0.508 e. The largest absolute Gasteiger partial charge is 0.508 e. The van der Waals surface area contributed by atoms with Gasteiger partial charge in [-0.15, -0.1) is 12.8 Å². The van der Waals surface area contributed by atoms with Gasteiger partial charge in [-0.3, -0.25) is 0 Å². The molecule has 1 aromatic rings. The van der Waals surface area contributed by atoms with Crippen molar-refractivity contribution in [3.8, 4) is 18.6 Å². The Bertz CT molecular complexity index is 315. The van der Waals surface area contributed by atoms with Gasteiger partial charge in [-0.05, 0) is 24.6 Å². The molecule has 0 atom stereocenters. The molecule has 1 rings (SSSR count).